The van der Waals surface area contributed by atoms with E-state index in [1.54, 1.807) is 19.3 Å². The van der Waals surface area contributed by atoms with Crippen molar-refractivity contribution in [2.45, 2.75) is 6.92 Å². The lowest BCUT2D eigenvalue weighted by Crippen LogP contribution is -2.09. The van der Waals surface area contributed by atoms with E-state index in [0.29, 0.717) is 5.69 Å². The molecule has 2 aromatic rings. The number of hydrogen-bond acceptors (Lipinski definition) is 2. The number of nitrogens with one attached hydrogen (secondary N) is 1. The molecule has 0 aliphatic carbocycles. The molecule has 2 aromatic carbocycles. The molecule has 2 rings (SSSR count). The summed E-state index contributed by atoms with van der Waals surface area (Å²) in [5.74, 6) is 0.0709. The van der Waals surface area contributed by atoms with E-state index in [4.69, 9.17) is 4.74 Å². The first kappa shape index (κ1) is 14.8. The Balaban J connectivity index is 2.03. The highest BCUT2D eigenvalue weighted by Crippen LogP contribution is 2.16. The number of anilines is 1. The molecule has 21 heavy (non-hydrogen) atoms. The van der Waals surface area contributed by atoms with E-state index in [1.165, 1.54) is 18.2 Å². The summed E-state index contributed by atoms with van der Waals surface area (Å²) in [7, 11) is 1.60. The fourth-order valence-corrected chi connectivity index (χ4v) is 1.79. The first-order chi connectivity index (χ1) is 10.1. The number of carbonyl (C=O) groups excluding carboxylic acids is 1. The molecule has 0 bridgehead atoms. The number of amides is 1. The standard InChI is InChI=1S/C17H16FNO2/c1-12-3-7-14(18)11-16(12)19-17(20)10-6-13-4-8-15(21-2)9-5-13/h3-11H,1-2H3,(H,19,20). The molecule has 0 aliphatic heterocycles. The van der Waals surface area contributed by atoms with Crippen molar-refractivity contribution in [3.63, 3.8) is 0 Å². The van der Waals surface area contributed by atoms with E-state index >= 15 is 0 Å². The van der Waals surface area contributed by atoms with Crippen molar-refractivity contribution in [1.29, 1.82) is 0 Å². The summed E-state index contributed by atoms with van der Waals surface area (Å²) >= 11 is 0. The van der Waals surface area contributed by atoms with Gasteiger partial charge in [0.25, 0.3) is 0 Å². The minimum atomic E-state index is -0.380. The molecule has 3 nitrogen and oxygen atoms in total. The molecular weight excluding hydrogens is 269 g/mol. The number of methoxy groups -OCH3 is 1. The van der Waals surface area contributed by atoms with E-state index in [1.807, 2.05) is 31.2 Å². The molecule has 4 heteroatoms. The quantitative estimate of drug-likeness (QED) is 0.868. The van der Waals surface area contributed by atoms with Crippen molar-refractivity contribution >= 4 is 17.7 Å². The summed E-state index contributed by atoms with van der Waals surface area (Å²) < 4.78 is 18.2. The summed E-state index contributed by atoms with van der Waals surface area (Å²) in [6.07, 6.45) is 3.09. The van der Waals surface area contributed by atoms with Crippen LogP contribution in [0.4, 0.5) is 10.1 Å². The zero-order valence-corrected chi connectivity index (χ0v) is 11.9. The molecule has 0 atom stereocenters. The van der Waals surface area contributed by atoms with Gasteiger partial charge < -0.3 is 10.1 Å². The third kappa shape index (κ3) is 4.18. The van der Waals surface area contributed by atoms with Crippen LogP contribution in [0.25, 0.3) is 6.08 Å². The summed E-state index contributed by atoms with van der Waals surface area (Å²) in [5.41, 5.74) is 2.16. The highest BCUT2D eigenvalue weighted by atomic mass is 19.1. The van der Waals surface area contributed by atoms with Crippen LogP contribution in [-0.2, 0) is 4.79 Å². The number of ether oxygens (including phenoxy) is 1. The largest absolute Gasteiger partial charge is 0.497 e. The maximum Gasteiger partial charge on any atom is 0.248 e. The van der Waals surface area contributed by atoms with Gasteiger partial charge >= 0.3 is 0 Å². The number of benzene rings is 2. The van der Waals surface area contributed by atoms with Crippen molar-refractivity contribution in [3.05, 3.63) is 65.5 Å². The van der Waals surface area contributed by atoms with Crippen molar-refractivity contribution in [1.82, 2.24) is 0 Å². The van der Waals surface area contributed by atoms with Crippen LogP contribution in [0, 0.1) is 12.7 Å². The van der Waals surface area contributed by atoms with Gasteiger partial charge in [0.1, 0.15) is 11.6 Å². The average molecular weight is 285 g/mol. The van der Waals surface area contributed by atoms with E-state index in [2.05, 4.69) is 5.32 Å². The lowest BCUT2D eigenvalue weighted by molar-refractivity contribution is -0.111. The first-order valence-electron chi connectivity index (χ1n) is 6.48. The van der Waals surface area contributed by atoms with E-state index in [-0.39, 0.29) is 11.7 Å². The first-order valence-corrected chi connectivity index (χ1v) is 6.48. The second-order valence-electron chi connectivity index (χ2n) is 4.55. The monoisotopic (exact) mass is 285 g/mol. The van der Waals surface area contributed by atoms with Crippen LogP contribution < -0.4 is 10.1 Å². The Morgan fingerprint density at radius 2 is 1.90 bits per heavy atom. The minimum Gasteiger partial charge on any atom is -0.497 e. The van der Waals surface area contributed by atoms with Gasteiger partial charge in [-0.2, -0.15) is 0 Å². The molecule has 1 N–H and O–H groups in total. The summed E-state index contributed by atoms with van der Waals surface area (Å²) in [4.78, 5) is 11.8. The van der Waals surface area contributed by atoms with Gasteiger partial charge in [0.15, 0.2) is 0 Å². The molecule has 0 unspecified atom stereocenters. The van der Waals surface area contributed by atoms with Crippen molar-refractivity contribution < 1.29 is 13.9 Å². The Morgan fingerprint density at radius 1 is 1.19 bits per heavy atom. The second kappa shape index (κ2) is 6.70. The molecule has 0 heterocycles. The Bertz CT molecular complexity index is 663. The molecule has 0 aromatic heterocycles. The topological polar surface area (TPSA) is 38.3 Å². The normalized spacial score (nSPS) is 10.6. The van der Waals surface area contributed by atoms with Crippen LogP contribution in [0.2, 0.25) is 0 Å². The molecule has 108 valence electrons. The third-order valence-corrected chi connectivity index (χ3v) is 3.00. The zero-order valence-electron chi connectivity index (χ0n) is 11.9. The van der Waals surface area contributed by atoms with Crippen LogP contribution in [-0.4, -0.2) is 13.0 Å². The minimum absolute atomic E-state index is 0.306. The van der Waals surface area contributed by atoms with Gasteiger partial charge in [-0.05, 0) is 48.4 Å². The number of halogens is 1. The molecule has 0 saturated heterocycles. The molecule has 1 amide bonds. The van der Waals surface area contributed by atoms with Gasteiger partial charge in [-0.25, -0.2) is 4.39 Å². The van der Waals surface area contributed by atoms with Gasteiger partial charge in [0, 0.05) is 11.8 Å². The lowest BCUT2D eigenvalue weighted by atomic mass is 10.2. The maximum atomic E-state index is 13.1. The van der Waals surface area contributed by atoms with Crippen LogP contribution >= 0.6 is 0 Å². The summed E-state index contributed by atoms with van der Waals surface area (Å²) in [5, 5.41) is 2.65. The van der Waals surface area contributed by atoms with Crippen LogP contribution in [0.1, 0.15) is 11.1 Å². The van der Waals surface area contributed by atoms with Gasteiger partial charge in [0.2, 0.25) is 5.91 Å². The predicted octanol–water partition coefficient (Wildman–Crippen LogP) is 3.79. The lowest BCUT2D eigenvalue weighted by Gasteiger charge is -2.06. The Morgan fingerprint density at radius 3 is 2.57 bits per heavy atom. The second-order valence-corrected chi connectivity index (χ2v) is 4.55. The van der Waals surface area contributed by atoms with Crippen LogP contribution in [0.3, 0.4) is 0 Å². The smallest absolute Gasteiger partial charge is 0.248 e. The molecule has 0 aliphatic rings. The van der Waals surface area contributed by atoms with Crippen LogP contribution in [0.15, 0.2) is 48.5 Å². The molecule has 0 spiro atoms. The van der Waals surface area contributed by atoms with Crippen LogP contribution in [0.5, 0.6) is 5.75 Å². The highest BCUT2D eigenvalue weighted by Gasteiger charge is 2.03. The Hall–Kier alpha value is -2.62. The van der Waals surface area contributed by atoms with E-state index < -0.39 is 0 Å². The summed E-state index contributed by atoms with van der Waals surface area (Å²) in [6, 6.07) is 11.6. The fourth-order valence-electron chi connectivity index (χ4n) is 1.79. The number of rotatable bonds is 4. The molecule has 0 fully saturated rings. The predicted molar refractivity (Wildman–Crippen MR) is 81.8 cm³/mol. The van der Waals surface area contributed by atoms with Crippen molar-refractivity contribution in [3.8, 4) is 5.75 Å². The van der Waals surface area contributed by atoms with Gasteiger partial charge in [-0.3, -0.25) is 4.79 Å². The Kier molecular flexibility index (Phi) is 4.72. The SMILES string of the molecule is COc1ccc(C=CC(=O)Nc2cc(F)ccc2C)cc1. The third-order valence-electron chi connectivity index (χ3n) is 3.00. The Labute approximate surface area is 123 Å². The van der Waals surface area contributed by atoms with E-state index in [0.717, 1.165) is 16.9 Å². The van der Waals surface area contributed by atoms with Crippen molar-refractivity contribution in [2.24, 2.45) is 0 Å². The zero-order chi connectivity index (χ0) is 15.2. The summed E-state index contributed by atoms with van der Waals surface area (Å²) in [6.45, 7) is 1.81. The fraction of sp³-hybridized carbons (Fsp3) is 0.118. The molecule has 0 radical (unpaired) electrons. The molecular formula is C17H16FNO2. The molecule has 0 saturated carbocycles. The number of aryl methyl sites for hydroxylation is 1. The van der Waals surface area contributed by atoms with E-state index in [9.17, 15) is 9.18 Å². The van der Waals surface area contributed by atoms with Crippen molar-refractivity contribution in [2.75, 3.05) is 12.4 Å². The van der Waals surface area contributed by atoms with Gasteiger partial charge in [-0.15, -0.1) is 0 Å². The highest BCUT2D eigenvalue weighted by molar-refractivity contribution is 6.02. The number of hydrogen-bond donors (Lipinski definition) is 1. The van der Waals surface area contributed by atoms with Gasteiger partial charge in [-0.1, -0.05) is 18.2 Å². The van der Waals surface area contributed by atoms with Gasteiger partial charge in [0.05, 0.1) is 7.11 Å². The average Bonchev–Trinajstić information content (AvgIpc) is 2.49. The maximum absolute atomic E-state index is 13.1. The number of carbonyl (C=O) groups is 1.